The molecule has 2 fully saturated rings. The molecule has 2 aromatic rings. The van der Waals surface area contributed by atoms with Crippen molar-refractivity contribution in [2.45, 2.75) is 18.9 Å². The minimum Gasteiger partial charge on any atom is -0.480 e. The third-order valence-electron chi connectivity index (χ3n) is 5.24. The Bertz CT molecular complexity index is 812. The number of aromatic nitrogens is 1. The Kier molecular flexibility index (Phi) is 4.85. The Labute approximate surface area is 159 Å². The zero-order chi connectivity index (χ0) is 18.8. The fourth-order valence-corrected chi connectivity index (χ4v) is 3.57. The molecule has 2 heterocycles. The SMILES string of the molecule is COc1nccc(N)c1C(=O)Nc1ccc(N2CCN(C3CC3)CC2)cc1. The van der Waals surface area contributed by atoms with Crippen LogP contribution in [0.5, 0.6) is 5.88 Å². The number of rotatable bonds is 5. The summed E-state index contributed by atoms with van der Waals surface area (Å²) in [5.41, 5.74) is 8.40. The topological polar surface area (TPSA) is 83.7 Å². The molecule has 1 aliphatic carbocycles. The van der Waals surface area contributed by atoms with E-state index in [0.717, 1.165) is 32.2 Å². The van der Waals surface area contributed by atoms with Crippen molar-refractivity contribution < 1.29 is 9.53 Å². The molecule has 0 radical (unpaired) electrons. The maximum absolute atomic E-state index is 12.6. The molecule has 7 nitrogen and oxygen atoms in total. The fraction of sp³-hybridized carbons (Fsp3) is 0.400. The van der Waals surface area contributed by atoms with Gasteiger partial charge in [0.2, 0.25) is 5.88 Å². The lowest BCUT2D eigenvalue weighted by Gasteiger charge is -2.36. The van der Waals surface area contributed by atoms with E-state index in [1.807, 2.05) is 24.3 Å². The standard InChI is InChI=1S/C20H25N5O2/c1-27-20-18(17(21)8-9-22-20)19(26)23-14-2-4-15(5-3-14)24-10-12-25(13-11-24)16-6-7-16/h2-5,8-9,16H,6-7,10-13H2,1H3,(H2,21,22)(H,23,26). The first-order valence-electron chi connectivity index (χ1n) is 9.34. The van der Waals surface area contributed by atoms with Crippen LogP contribution in [0.4, 0.5) is 17.1 Å². The number of nitrogen functional groups attached to an aromatic ring is 1. The molecule has 4 rings (SSSR count). The highest BCUT2D eigenvalue weighted by Crippen LogP contribution is 2.29. The van der Waals surface area contributed by atoms with Crippen LogP contribution < -0.4 is 20.7 Å². The zero-order valence-electron chi connectivity index (χ0n) is 15.5. The predicted molar refractivity (Wildman–Crippen MR) is 106 cm³/mol. The van der Waals surface area contributed by atoms with Crippen LogP contribution >= 0.6 is 0 Å². The number of methoxy groups -OCH3 is 1. The number of hydrogen-bond donors (Lipinski definition) is 2. The summed E-state index contributed by atoms with van der Waals surface area (Å²) in [7, 11) is 1.47. The Morgan fingerprint density at radius 1 is 1.15 bits per heavy atom. The van der Waals surface area contributed by atoms with Crippen molar-refractivity contribution in [3.63, 3.8) is 0 Å². The molecule has 0 spiro atoms. The van der Waals surface area contributed by atoms with Crippen LogP contribution in [0, 0.1) is 0 Å². The summed E-state index contributed by atoms with van der Waals surface area (Å²) in [5.74, 6) is -0.110. The normalized spacial score (nSPS) is 17.6. The van der Waals surface area contributed by atoms with Gasteiger partial charge < -0.3 is 20.7 Å². The Hall–Kier alpha value is -2.80. The Morgan fingerprint density at radius 3 is 2.48 bits per heavy atom. The van der Waals surface area contributed by atoms with Crippen LogP contribution in [0.2, 0.25) is 0 Å². The third-order valence-corrected chi connectivity index (χ3v) is 5.24. The molecule has 0 bridgehead atoms. The van der Waals surface area contributed by atoms with Crippen molar-refractivity contribution in [1.29, 1.82) is 0 Å². The van der Waals surface area contributed by atoms with E-state index in [-0.39, 0.29) is 17.4 Å². The number of benzene rings is 1. The lowest BCUT2D eigenvalue weighted by atomic mass is 10.2. The first kappa shape index (κ1) is 17.6. The zero-order valence-corrected chi connectivity index (χ0v) is 15.5. The van der Waals surface area contributed by atoms with Crippen molar-refractivity contribution in [3.8, 4) is 5.88 Å². The molecular formula is C20H25N5O2. The summed E-state index contributed by atoms with van der Waals surface area (Å²) in [6.07, 6.45) is 4.24. The second kappa shape index (κ2) is 7.44. The number of ether oxygens (including phenoxy) is 1. The van der Waals surface area contributed by atoms with Crippen molar-refractivity contribution in [2.75, 3.05) is 49.2 Å². The number of nitrogens with two attached hydrogens (primary N) is 1. The molecule has 1 amide bonds. The molecule has 1 aliphatic heterocycles. The van der Waals surface area contributed by atoms with Gasteiger partial charge in [0.25, 0.3) is 5.91 Å². The summed E-state index contributed by atoms with van der Waals surface area (Å²) >= 11 is 0. The van der Waals surface area contributed by atoms with E-state index in [9.17, 15) is 4.79 Å². The van der Waals surface area contributed by atoms with Crippen LogP contribution in [-0.2, 0) is 0 Å². The van der Waals surface area contributed by atoms with Gasteiger partial charge in [-0.2, -0.15) is 0 Å². The summed E-state index contributed by atoms with van der Waals surface area (Å²) in [4.78, 5) is 21.6. The van der Waals surface area contributed by atoms with Crippen LogP contribution in [0.25, 0.3) is 0 Å². The Morgan fingerprint density at radius 2 is 1.85 bits per heavy atom. The first-order valence-corrected chi connectivity index (χ1v) is 9.34. The van der Waals surface area contributed by atoms with Gasteiger partial charge in [-0.05, 0) is 43.2 Å². The van der Waals surface area contributed by atoms with Gasteiger partial charge >= 0.3 is 0 Å². The van der Waals surface area contributed by atoms with Gasteiger partial charge in [0, 0.05) is 49.8 Å². The molecule has 2 aliphatic rings. The summed E-state index contributed by atoms with van der Waals surface area (Å²) < 4.78 is 5.15. The van der Waals surface area contributed by atoms with Crippen molar-refractivity contribution in [3.05, 3.63) is 42.1 Å². The highest BCUT2D eigenvalue weighted by Gasteiger charge is 2.31. The van der Waals surface area contributed by atoms with Crippen LogP contribution in [0.15, 0.2) is 36.5 Å². The maximum atomic E-state index is 12.6. The number of carbonyl (C=O) groups is 1. The minimum absolute atomic E-state index is 0.220. The molecule has 0 atom stereocenters. The third kappa shape index (κ3) is 3.83. The number of pyridine rings is 1. The number of nitrogens with one attached hydrogen (secondary N) is 1. The van der Waals surface area contributed by atoms with E-state index in [1.165, 1.54) is 31.8 Å². The van der Waals surface area contributed by atoms with Crippen LogP contribution in [-0.4, -0.2) is 55.1 Å². The second-order valence-electron chi connectivity index (χ2n) is 7.04. The van der Waals surface area contributed by atoms with E-state index in [1.54, 1.807) is 6.07 Å². The monoisotopic (exact) mass is 367 g/mol. The van der Waals surface area contributed by atoms with Gasteiger partial charge in [-0.15, -0.1) is 0 Å². The maximum Gasteiger partial charge on any atom is 0.263 e. The molecule has 1 saturated carbocycles. The van der Waals surface area contributed by atoms with Crippen molar-refractivity contribution in [2.24, 2.45) is 0 Å². The molecular weight excluding hydrogens is 342 g/mol. The van der Waals surface area contributed by atoms with Crippen LogP contribution in [0.1, 0.15) is 23.2 Å². The number of hydrogen-bond acceptors (Lipinski definition) is 6. The highest BCUT2D eigenvalue weighted by molar-refractivity contribution is 6.09. The molecule has 1 aromatic carbocycles. The number of piperazine rings is 1. The van der Waals surface area contributed by atoms with E-state index >= 15 is 0 Å². The first-order chi connectivity index (χ1) is 13.2. The molecule has 1 saturated heterocycles. The van der Waals surface area contributed by atoms with Crippen LogP contribution in [0.3, 0.4) is 0 Å². The second-order valence-corrected chi connectivity index (χ2v) is 7.04. The molecule has 3 N–H and O–H groups in total. The van der Waals surface area contributed by atoms with Gasteiger partial charge in [0.1, 0.15) is 5.56 Å². The largest absolute Gasteiger partial charge is 0.480 e. The number of anilines is 3. The van der Waals surface area contributed by atoms with Gasteiger partial charge in [-0.25, -0.2) is 4.98 Å². The quantitative estimate of drug-likeness (QED) is 0.843. The van der Waals surface area contributed by atoms with Crippen molar-refractivity contribution >= 4 is 23.0 Å². The molecule has 1 aromatic heterocycles. The smallest absolute Gasteiger partial charge is 0.263 e. The molecule has 7 heteroatoms. The predicted octanol–water partition coefficient (Wildman–Crippen LogP) is 2.21. The lowest BCUT2D eigenvalue weighted by Crippen LogP contribution is -2.47. The summed E-state index contributed by atoms with van der Waals surface area (Å²) in [6, 6.07) is 10.3. The average molecular weight is 367 g/mol. The van der Waals surface area contributed by atoms with E-state index in [2.05, 4.69) is 20.1 Å². The molecule has 27 heavy (non-hydrogen) atoms. The van der Waals surface area contributed by atoms with Gasteiger partial charge in [-0.1, -0.05) is 0 Å². The van der Waals surface area contributed by atoms with Crippen molar-refractivity contribution in [1.82, 2.24) is 9.88 Å². The summed E-state index contributed by atoms with van der Waals surface area (Å²) in [6.45, 7) is 4.35. The fourth-order valence-electron chi connectivity index (χ4n) is 3.57. The average Bonchev–Trinajstić information content (AvgIpc) is 3.53. The van der Waals surface area contributed by atoms with E-state index in [4.69, 9.17) is 10.5 Å². The lowest BCUT2D eigenvalue weighted by molar-refractivity contribution is 0.102. The Balaban J connectivity index is 1.40. The van der Waals surface area contributed by atoms with E-state index < -0.39 is 0 Å². The number of nitrogens with zero attached hydrogens (tertiary/aromatic N) is 3. The minimum atomic E-state index is -0.330. The molecule has 142 valence electrons. The highest BCUT2D eigenvalue weighted by atomic mass is 16.5. The number of amides is 1. The van der Waals surface area contributed by atoms with Gasteiger partial charge in [0.05, 0.1) is 12.8 Å². The van der Waals surface area contributed by atoms with E-state index in [0.29, 0.717) is 11.4 Å². The molecule has 0 unspecified atom stereocenters. The van der Waals surface area contributed by atoms with Gasteiger partial charge in [0.15, 0.2) is 0 Å². The number of carbonyl (C=O) groups excluding carboxylic acids is 1. The van der Waals surface area contributed by atoms with Gasteiger partial charge in [-0.3, -0.25) is 9.69 Å². The summed E-state index contributed by atoms with van der Waals surface area (Å²) in [5, 5.41) is 2.87.